The molecule has 0 spiro atoms. The maximum absolute atomic E-state index is 11.6. The minimum Gasteiger partial charge on any atom is -0.476 e. The average Bonchev–Trinajstić information content (AvgIpc) is 2.96. The van der Waals surface area contributed by atoms with Gasteiger partial charge >= 0.3 is 5.97 Å². The lowest BCUT2D eigenvalue weighted by atomic mass is 9.94. The first-order valence-electron chi connectivity index (χ1n) is 13.1. The van der Waals surface area contributed by atoms with Gasteiger partial charge in [0.15, 0.2) is 17.3 Å². The van der Waals surface area contributed by atoms with E-state index in [4.69, 9.17) is 5.73 Å². The Kier molecular flexibility index (Phi) is 8.66. The van der Waals surface area contributed by atoms with Crippen molar-refractivity contribution in [1.82, 2.24) is 19.9 Å². The van der Waals surface area contributed by atoms with Gasteiger partial charge < -0.3 is 10.8 Å². The normalized spacial score (nSPS) is 13.8. The molecule has 0 radical (unpaired) electrons. The standard InChI is InChI=1S/C15H14BrN3O.C15H13BrN2O2/c16-10-5-3-4-9(8-10)15-18-12-7-2-1-6-11(12)13(19-15)14(17)20;16-10-5-3-4-9(8-10)14-17-12-7-2-1-6-11(12)13(18-14)15(19)20/h3-5,8H,1-2,6-7H2,(H2,17,20);3-5,8H,1-2,6-7H2,(H,19,20). The van der Waals surface area contributed by atoms with Crippen molar-refractivity contribution < 1.29 is 14.7 Å². The Balaban J connectivity index is 0.000000161. The van der Waals surface area contributed by atoms with E-state index in [0.29, 0.717) is 17.3 Å². The molecule has 2 aromatic heterocycles. The highest BCUT2D eigenvalue weighted by molar-refractivity contribution is 9.10. The largest absolute Gasteiger partial charge is 0.476 e. The number of aromatic carboxylic acids is 1. The molecule has 6 rings (SSSR count). The summed E-state index contributed by atoms with van der Waals surface area (Å²) in [5.74, 6) is -0.381. The molecule has 0 saturated heterocycles. The number of aromatic nitrogens is 4. The summed E-state index contributed by atoms with van der Waals surface area (Å²) in [7, 11) is 0. The highest BCUT2D eigenvalue weighted by atomic mass is 79.9. The molecule has 0 fully saturated rings. The number of carbonyl (C=O) groups excluding carboxylic acids is 1. The number of amides is 1. The van der Waals surface area contributed by atoms with Crippen molar-refractivity contribution in [3.63, 3.8) is 0 Å². The molecule has 0 unspecified atom stereocenters. The topological polar surface area (TPSA) is 132 Å². The number of fused-ring (bicyclic) bond motifs is 2. The number of benzene rings is 2. The first-order chi connectivity index (χ1) is 19.3. The molecule has 0 atom stereocenters. The molecule has 2 aliphatic carbocycles. The Morgan fingerprint density at radius 1 is 0.675 bits per heavy atom. The van der Waals surface area contributed by atoms with Crippen LogP contribution in [0.1, 0.15) is 69.2 Å². The number of carboxylic acids is 1. The molecule has 40 heavy (non-hydrogen) atoms. The summed E-state index contributed by atoms with van der Waals surface area (Å²) in [6.45, 7) is 0. The Labute approximate surface area is 248 Å². The van der Waals surface area contributed by atoms with E-state index in [0.717, 1.165) is 94.0 Å². The predicted octanol–water partition coefficient (Wildman–Crippen LogP) is 6.37. The molecular formula is C30H27Br2N5O3. The van der Waals surface area contributed by atoms with E-state index in [-0.39, 0.29) is 5.69 Å². The van der Waals surface area contributed by atoms with Gasteiger partial charge in [-0.1, -0.05) is 56.1 Å². The smallest absolute Gasteiger partial charge is 0.354 e. The summed E-state index contributed by atoms with van der Waals surface area (Å²) in [4.78, 5) is 40.9. The number of primary amides is 1. The van der Waals surface area contributed by atoms with Crippen LogP contribution in [0.3, 0.4) is 0 Å². The maximum Gasteiger partial charge on any atom is 0.354 e. The Morgan fingerprint density at radius 2 is 1.12 bits per heavy atom. The summed E-state index contributed by atoms with van der Waals surface area (Å²) in [5, 5.41) is 9.37. The van der Waals surface area contributed by atoms with Gasteiger partial charge in [-0.15, -0.1) is 0 Å². The zero-order valence-electron chi connectivity index (χ0n) is 21.7. The molecule has 2 aromatic carbocycles. The molecule has 4 aromatic rings. The van der Waals surface area contributed by atoms with E-state index in [1.807, 2.05) is 48.5 Å². The quantitative estimate of drug-likeness (QED) is 0.259. The summed E-state index contributed by atoms with van der Waals surface area (Å²) < 4.78 is 1.88. The fourth-order valence-corrected chi connectivity index (χ4v) is 5.88. The average molecular weight is 665 g/mol. The maximum atomic E-state index is 11.6. The van der Waals surface area contributed by atoms with Crippen molar-refractivity contribution in [1.29, 1.82) is 0 Å². The van der Waals surface area contributed by atoms with E-state index < -0.39 is 11.9 Å². The SMILES string of the molecule is NC(=O)c1nc(-c2cccc(Br)c2)nc2c1CCCC2.O=C(O)c1nc(-c2cccc(Br)c2)nc2c1CCCC2. The number of hydrogen-bond acceptors (Lipinski definition) is 6. The molecular weight excluding hydrogens is 638 g/mol. The fraction of sp³-hybridized carbons (Fsp3) is 0.267. The van der Waals surface area contributed by atoms with Crippen LogP contribution in [0.4, 0.5) is 0 Å². The third-order valence-electron chi connectivity index (χ3n) is 6.97. The minimum absolute atomic E-state index is 0.157. The van der Waals surface area contributed by atoms with E-state index >= 15 is 0 Å². The lowest BCUT2D eigenvalue weighted by molar-refractivity contribution is 0.0688. The van der Waals surface area contributed by atoms with Crippen molar-refractivity contribution in [3.05, 3.63) is 91.4 Å². The summed E-state index contributed by atoms with van der Waals surface area (Å²) in [5.41, 5.74) is 11.3. The molecule has 2 heterocycles. The number of carbonyl (C=O) groups is 2. The van der Waals surface area contributed by atoms with Gasteiger partial charge in [-0.3, -0.25) is 4.79 Å². The van der Waals surface area contributed by atoms with E-state index in [9.17, 15) is 14.7 Å². The van der Waals surface area contributed by atoms with Gasteiger partial charge in [-0.05, 0) is 75.6 Å². The Bertz CT molecular complexity index is 1490. The number of halogens is 2. The van der Waals surface area contributed by atoms with Crippen molar-refractivity contribution >= 4 is 43.7 Å². The minimum atomic E-state index is -0.971. The zero-order chi connectivity index (χ0) is 28.2. The first kappa shape index (κ1) is 28.0. The number of nitrogens with zero attached hydrogens (tertiary/aromatic N) is 4. The van der Waals surface area contributed by atoms with Gasteiger partial charge in [0.25, 0.3) is 5.91 Å². The second-order valence-electron chi connectivity index (χ2n) is 9.75. The predicted molar refractivity (Wildman–Crippen MR) is 159 cm³/mol. The lowest BCUT2D eigenvalue weighted by Gasteiger charge is -2.17. The van der Waals surface area contributed by atoms with E-state index in [1.165, 1.54) is 0 Å². The summed E-state index contributed by atoms with van der Waals surface area (Å²) >= 11 is 6.84. The number of nitrogens with two attached hydrogens (primary N) is 1. The van der Waals surface area contributed by atoms with E-state index in [2.05, 4.69) is 51.8 Å². The number of carboxylic acid groups (broad SMARTS) is 1. The highest BCUT2D eigenvalue weighted by Gasteiger charge is 2.23. The van der Waals surface area contributed by atoms with Crippen molar-refractivity contribution in [2.75, 3.05) is 0 Å². The monoisotopic (exact) mass is 663 g/mol. The van der Waals surface area contributed by atoms with Gasteiger partial charge in [0.2, 0.25) is 0 Å². The van der Waals surface area contributed by atoms with Crippen molar-refractivity contribution in [2.24, 2.45) is 5.73 Å². The second-order valence-corrected chi connectivity index (χ2v) is 11.6. The molecule has 10 heteroatoms. The van der Waals surface area contributed by atoms with Gasteiger partial charge in [-0.25, -0.2) is 24.7 Å². The second kappa shape index (κ2) is 12.3. The molecule has 1 amide bonds. The fourth-order valence-electron chi connectivity index (χ4n) is 5.08. The molecule has 0 bridgehead atoms. The zero-order valence-corrected chi connectivity index (χ0v) is 24.8. The molecule has 0 saturated carbocycles. The molecule has 3 N–H and O–H groups in total. The van der Waals surface area contributed by atoms with Crippen LogP contribution in [0.5, 0.6) is 0 Å². The van der Waals surface area contributed by atoms with Gasteiger partial charge in [-0.2, -0.15) is 0 Å². The third-order valence-corrected chi connectivity index (χ3v) is 7.95. The van der Waals surface area contributed by atoms with Gasteiger partial charge in [0.1, 0.15) is 5.69 Å². The Morgan fingerprint density at radius 3 is 1.57 bits per heavy atom. The van der Waals surface area contributed by atoms with Crippen LogP contribution in [0.2, 0.25) is 0 Å². The van der Waals surface area contributed by atoms with Gasteiger partial charge in [0.05, 0.1) is 0 Å². The van der Waals surface area contributed by atoms with Crippen LogP contribution in [0.15, 0.2) is 57.5 Å². The molecule has 2 aliphatic rings. The first-order valence-corrected chi connectivity index (χ1v) is 14.7. The van der Waals surface area contributed by atoms with Crippen LogP contribution in [-0.2, 0) is 25.7 Å². The van der Waals surface area contributed by atoms with Crippen molar-refractivity contribution in [2.45, 2.75) is 51.4 Å². The number of aryl methyl sites for hydroxylation is 2. The Hall–Kier alpha value is -3.50. The van der Waals surface area contributed by atoms with Crippen LogP contribution in [0, 0.1) is 0 Å². The van der Waals surface area contributed by atoms with Gasteiger partial charge in [0, 0.05) is 42.6 Å². The lowest BCUT2D eigenvalue weighted by Crippen LogP contribution is -2.21. The van der Waals surface area contributed by atoms with Crippen LogP contribution in [0.25, 0.3) is 22.8 Å². The third kappa shape index (κ3) is 6.28. The summed E-state index contributed by atoms with van der Waals surface area (Å²) in [6.07, 6.45) is 7.54. The number of rotatable bonds is 4. The molecule has 8 nitrogen and oxygen atoms in total. The molecule has 0 aliphatic heterocycles. The van der Waals surface area contributed by atoms with Crippen LogP contribution >= 0.6 is 31.9 Å². The number of hydrogen-bond donors (Lipinski definition) is 2. The highest BCUT2D eigenvalue weighted by Crippen LogP contribution is 2.28. The van der Waals surface area contributed by atoms with E-state index in [1.54, 1.807) is 0 Å². The molecule has 204 valence electrons. The van der Waals surface area contributed by atoms with Crippen molar-refractivity contribution in [3.8, 4) is 22.8 Å². The van der Waals surface area contributed by atoms with Crippen LogP contribution < -0.4 is 5.73 Å². The summed E-state index contributed by atoms with van der Waals surface area (Å²) in [6, 6.07) is 15.3. The van der Waals surface area contributed by atoms with Crippen LogP contribution in [-0.4, -0.2) is 36.9 Å².